The van der Waals surface area contributed by atoms with Crippen LogP contribution in [0.3, 0.4) is 0 Å². The third-order valence-electron chi connectivity index (χ3n) is 4.30. The van der Waals surface area contributed by atoms with Crippen molar-refractivity contribution in [1.29, 1.82) is 0 Å². The van der Waals surface area contributed by atoms with Crippen molar-refractivity contribution in [2.24, 2.45) is 0 Å². The molecule has 4 nitrogen and oxygen atoms in total. The lowest BCUT2D eigenvalue weighted by molar-refractivity contribution is -0.117. The smallest absolute Gasteiger partial charge is 0.244 e. The molecule has 1 unspecified atom stereocenters. The summed E-state index contributed by atoms with van der Waals surface area (Å²) < 4.78 is 6.76. The van der Waals surface area contributed by atoms with Gasteiger partial charge in [-0.25, -0.2) is 0 Å². The summed E-state index contributed by atoms with van der Waals surface area (Å²) in [5.41, 5.74) is 2.28. The van der Waals surface area contributed by atoms with Gasteiger partial charge in [-0.3, -0.25) is 9.69 Å². The maximum atomic E-state index is 12.1. The van der Waals surface area contributed by atoms with E-state index in [-0.39, 0.29) is 12.0 Å². The van der Waals surface area contributed by atoms with Gasteiger partial charge in [0, 0.05) is 36.7 Å². The van der Waals surface area contributed by atoms with E-state index in [1.165, 1.54) is 5.56 Å². The highest BCUT2D eigenvalue weighted by Crippen LogP contribution is 2.17. The molecule has 136 valence electrons. The summed E-state index contributed by atoms with van der Waals surface area (Å²) in [7, 11) is 0. The van der Waals surface area contributed by atoms with Crippen molar-refractivity contribution in [3.63, 3.8) is 0 Å². The van der Waals surface area contributed by atoms with Crippen molar-refractivity contribution < 1.29 is 9.53 Å². The van der Waals surface area contributed by atoms with E-state index in [4.69, 9.17) is 4.74 Å². The molecule has 26 heavy (non-hydrogen) atoms. The van der Waals surface area contributed by atoms with Crippen molar-refractivity contribution >= 4 is 27.9 Å². The molecular weight excluding hydrogens is 392 g/mol. The summed E-state index contributed by atoms with van der Waals surface area (Å²) in [5.74, 6) is -0.107. The highest BCUT2D eigenvalue weighted by atomic mass is 79.9. The van der Waals surface area contributed by atoms with Crippen LogP contribution in [0.4, 0.5) is 0 Å². The van der Waals surface area contributed by atoms with E-state index in [2.05, 4.69) is 50.4 Å². The molecule has 2 aromatic rings. The van der Waals surface area contributed by atoms with Gasteiger partial charge in [0.1, 0.15) is 0 Å². The van der Waals surface area contributed by atoms with Crippen LogP contribution < -0.4 is 5.32 Å². The molecule has 1 aliphatic heterocycles. The first-order chi connectivity index (χ1) is 12.7. The van der Waals surface area contributed by atoms with Gasteiger partial charge in [-0.15, -0.1) is 0 Å². The molecule has 1 heterocycles. The van der Waals surface area contributed by atoms with Gasteiger partial charge in [-0.05, 0) is 23.3 Å². The molecular formula is C21H23BrN2O2. The molecule has 0 aromatic heterocycles. The summed E-state index contributed by atoms with van der Waals surface area (Å²) >= 11 is 3.47. The molecule has 0 spiro atoms. The van der Waals surface area contributed by atoms with Gasteiger partial charge in [-0.2, -0.15) is 0 Å². The number of benzene rings is 2. The lowest BCUT2D eigenvalue weighted by Crippen LogP contribution is -2.46. The summed E-state index contributed by atoms with van der Waals surface area (Å²) in [6, 6.07) is 18.2. The number of nitrogens with zero attached hydrogens (tertiary/aromatic N) is 1. The summed E-state index contributed by atoms with van der Waals surface area (Å²) in [6.07, 6.45) is 3.39. The van der Waals surface area contributed by atoms with Gasteiger partial charge in [-0.1, -0.05) is 64.5 Å². The molecule has 0 aliphatic carbocycles. The number of hydrogen-bond donors (Lipinski definition) is 1. The Morgan fingerprint density at radius 1 is 1.19 bits per heavy atom. The first-order valence-electron chi connectivity index (χ1n) is 8.79. The lowest BCUT2D eigenvalue weighted by Gasteiger charge is -2.33. The Hall–Kier alpha value is -1.95. The largest absolute Gasteiger partial charge is 0.374 e. The Kier molecular flexibility index (Phi) is 7.00. The third kappa shape index (κ3) is 5.80. The lowest BCUT2D eigenvalue weighted by atomic mass is 10.2. The van der Waals surface area contributed by atoms with Gasteiger partial charge in [0.15, 0.2) is 0 Å². The van der Waals surface area contributed by atoms with Crippen molar-refractivity contribution in [2.75, 3.05) is 26.2 Å². The van der Waals surface area contributed by atoms with E-state index in [1.807, 2.05) is 36.4 Å². The molecule has 0 radical (unpaired) electrons. The van der Waals surface area contributed by atoms with Gasteiger partial charge < -0.3 is 10.1 Å². The minimum absolute atomic E-state index is 0.0215. The second kappa shape index (κ2) is 9.67. The summed E-state index contributed by atoms with van der Waals surface area (Å²) in [5, 5.41) is 2.93. The summed E-state index contributed by atoms with van der Waals surface area (Å²) in [6.45, 7) is 3.87. The second-order valence-electron chi connectivity index (χ2n) is 6.31. The Labute approximate surface area is 163 Å². The first-order valence-corrected chi connectivity index (χ1v) is 9.58. The maximum absolute atomic E-state index is 12.1. The topological polar surface area (TPSA) is 41.6 Å². The van der Waals surface area contributed by atoms with Gasteiger partial charge in [0.25, 0.3) is 0 Å². The van der Waals surface area contributed by atoms with Crippen LogP contribution >= 0.6 is 15.9 Å². The van der Waals surface area contributed by atoms with Crippen molar-refractivity contribution in [1.82, 2.24) is 10.2 Å². The van der Waals surface area contributed by atoms with E-state index in [1.54, 1.807) is 6.08 Å². The molecule has 1 atom stereocenters. The predicted octanol–water partition coefficient (Wildman–Crippen LogP) is 3.48. The van der Waals surface area contributed by atoms with Gasteiger partial charge >= 0.3 is 0 Å². The Morgan fingerprint density at radius 3 is 2.77 bits per heavy atom. The Balaban J connectivity index is 1.45. The van der Waals surface area contributed by atoms with Crippen LogP contribution in [-0.4, -0.2) is 43.2 Å². The molecule has 0 saturated carbocycles. The molecule has 2 aromatic carbocycles. The SMILES string of the molecule is O=C(C=Cc1ccccc1Br)NCC1CN(Cc2ccccc2)CCO1. The molecule has 1 saturated heterocycles. The second-order valence-corrected chi connectivity index (χ2v) is 7.17. The number of nitrogens with one attached hydrogen (secondary N) is 1. The fourth-order valence-electron chi connectivity index (χ4n) is 2.94. The number of rotatable bonds is 6. The van der Waals surface area contributed by atoms with Crippen LogP contribution in [0.1, 0.15) is 11.1 Å². The Morgan fingerprint density at radius 2 is 1.96 bits per heavy atom. The van der Waals surface area contributed by atoms with E-state index in [0.29, 0.717) is 13.2 Å². The highest BCUT2D eigenvalue weighted by molar-refractivity contribution is 9.10. The number of carbonyl (C=O) groups excluding carboxylic acids is 1. The number of hydrogen-bond acceptors (Lipinski definition) is 3. The minimum atomic E-state index is -0.107. The van der Waals surface area contributed by atoms with E-state index >= 15 is 0 Å². The number of halogens is 1. The van der Waals surface area contributed by atoms with Crippen molar-refractivity contribution in [3.8, 4) is 0 Å². The van der Waals surface area contributed by atoms with Gasteiger partial charge in [0.05, 0.1) is 12.7 Å². The molecule has 1 fully saturated rings. The zero-order valence-electron chi connectivity index (χ0n) is 14.6. The fourth-order valence-corrected chi connectivity index (χ4v) is 3.36. The van der Waals surface area contributed by atoms with E-state index < -0.39 is 0 Å². The predicted molar refractivity (Wildman–Crippen MR) is 108 cm³/mol. The minimum Gasteiger partial charge on any atom is -0.374 e. The zero-order chi connectivity index (χ0) is 18.2. The van der Waals surface area contributed by atoms with Crippen molar-refractivity contribution in [2.45, 2.75) is 12.6 Å². The molecule has 1 amide bonds. The molecule has 0 bridgehead atoms. The maximum Gasteiger partial charge on any atom is 0.244 e. The number of ether oxygens (including phenoxy) is 1. The zero-order valence-corrected chi connectivity index (χ0v) is 16.2. The fraction of sp³-hybridized carbons (Fsp3) is 0.286. The standard InChI is InChI=1S/C21H23BrN2O2/c22-20-9-5-4-8-18(20)10-11-21(25)23-14-19-16-24(12-13-26-19)15-17-6-2-1-3-7-17/h1-11,19H,12-16H2,(H,23,25). The van der Waals surface area contributed by atoms with Crippen LogP contribution in [0.25, 0.3) is 6.08 Å². The summed E-state index contributed by atoms with van der Waals surface area (Å²) in [4.78, 5) is 14.4. The van der Waals surface area contributed by atoms with Crippen LogP contribution in [0.15, 0.2) is 65.1 Å². The van der Waals surface area contributed by atoms with Gasteiger partial charge in [0.2, 0.25) is 5.91 Å². The number of morpholine rings is 1. The number of carbonyl (C=O) groups is 1. The third-order valence-corrected chi connectivity index (χ3v) is 5.02. The van der Waals surface area contributed by atoms with Crippen LogP contribution in [0.2, 0.25) is 0 Å². The number of amides is 1. The van der Waals surface area contributed by atoms with Crippen LogP contribution in [-0.2, 0) is 16.1 Å². The Bertz CT molecular complexity index is 749. The molecule has 5 heteroatoms. The first kappa shape index (κ1) is 18.8. The highest BCUT2D eigenvalue weighted by Gasteiger charge is 2.20. The van der Waals surface area contributed by atoms with E-state index in [9.17, 15) is 4.79 Å². The van der Waals surface area contributed by atoms with Crippen LogP contribution in [0.5, 0.6) is 0 Å². The van der Waals surface area contributed by atoms with Crippen LogP contribution in [0, 0.1) is 0 Å². The molecule has 1 N–H and O–H groups in total. The molecule has 3 rings (SSSR count). The van der Waals surface area contributed by atoms with E-state index in [0.717, 1.165) is 29.7 Å². The average Bonchev–Trinajstić information content (AvgIpc) is 2.67. The monoisotopic (exact) mass is 414 g/mol. The average molecular weight is 415 g/mol. The van der Waals surface area contributed by atoms with Crippen molar-refractivity contribution in [3.05, 3.63) is 76.3 Å². The molecule has 1 aliphatic rings. The normalized spacial score (nSPS) is 18.1. The quantitative estimate of drug-likeness (QED) is 0.735.